The zero-order valence-corrected chi connectivity index (χ0v) is 17.8. The van der Waals surface area contributed by atoms with E-state index in [9.17, 15) is 9.59 Å². The van der Waals surface area contributed by atoms with Crippen molar-refractivity contribution in [2.45, 2.75) is 32.7 Å². The van der Waals surface area contributed by atoms with Crippen LogP contribution >= 0.6 is 22.7 Å². The number of nitrogens with zero attached hydrogens (tertiary/aromatic N) is 1. The fourth-order valence-corrected chi connectivity index (χ4v) is 5.81. The summed E-state index contributed by atoms with van der Waals surface area (Å²) in [7, 11) is 1.59. The molecule has 2 heterocycles. The highest BCUT2D eigenvalue weighted by atomic mass is 32.1. The average Bonchev–Trinajstić information content (AvgIpc) is 3.34. The third kappa shape index (κ3) is 3.67. The summed E-state index contributed by atoms with van der Waals surface area (Å²) in [5, 5.41) is 11.7. The lowest BCUT2D eigenvalue weighted by molar-refractivity contribution is -0.116. The van der Waals surface area contributed by atoms with E-state index in [0.29, 0.717) is 22.9 Å². The van der Waals surface area contributed by atoms with Crippen molar-refractivity contribution in [2.24, 2.45) is 0 Å². The second-order valence-corrected chi connectivity index (χ2v) is 8.79. The van der Waals surface area contributed by atoms with Crippen LogP contribution in [0.25, 0.3) is 10.2 Å². The van der Waals surface area contributed by atoms with Crippen molar-refractivity contribution in [1.82, 2.24) is 4.57 Å². The molecule has 0 aliphatic heterocycles. The number of aryl methyl sites for hydroxylation is 1. The smallest absolute Gasteiger partial charge is 0.341 e. The molecule has 2 N–H and O–H groups in total. The molecule has 1 amide bonds. The van der Waals surface area contributed by atoms with Gasteiger partial charge in [-0.1, -0.05) is 11.3 Å². The van der Waals surface area contributed by atoms with Gasteiger partial charge in [0.1, 0.15) is 17.3 Å². The summed E-state index contributed by atoms with van der Waals surface area (Å²) < 4.78 is 13.0. The Hall–Kier alpha value is -2.65. The molecule has 1 aliphatic carbocycles. The van der Waals surface area contributed by atoms with Gasteiger partial charge in [-0.25, -0.2) is 4.79 Å². The van der Waals surface area contributed by atoms with E-state index in [1.54, 1.807) is 18.6 Å². The molecule has 29 heavy (non-hydrogen) atoms. The number of benzene rings is 1. The number of carbonyl (C=O) groups excluding carboxylic acids is 2. The molecule has 4 rings (SSSR count). The van der Waals surface area contributed by atoms with Crippen LogP contribution in [0.15, 0.2) is 18.2 Å². The van der Waals surface area contributed by atoms with Crippen molar-refractivity contribution in [3.05, 3.63) is 39.0 Å². The fourth-order valence-electron chi connectivity index (χ4n) is 3.57. The number of methoxy groups -OCH3 is 1. The first kappa shape index (κ1) is 19.7. The minimum absolute atomic E-state index is 0.00397. The minimum atomic E-state index is -0.385. The van der Waals surface area contributed by atoms with E-state index in [1.165, 1.54) is 22.7 Å². The molecule has 0 bridgehead atoms. The Bertz CT molecular complexity index is 1160. The van der Waals surface area contributed by atoms with Gasteiger partial charge in [-0.15, -0.1) is 11.3 Å². The zero-order chi connectivity index (χ0) is 20.5. The first-order valence-electron chi connectivity index (χ1n) is 9.35. The highest BCUT2D eigenvalue weighted by Crippen LogP contribution is 2.39. The van der Waals surface area contributed by atoms with E-state index in [0.717, 1.165) is 39.9 Å². The molecule has 3 aromatic rings. The maximum atomic E-state index is 12.8. The summed E-state index contributed by atoms with van der Waals surface area (Å²) >= 11 is 2.74. The van der Waals surface area contributed by atoms with Crippen molar-refractivity contribution in [3.63, 3.8) is 0 Å². The molecule has 7 nitrogen and oxygen atoms in total. The molecule has 0 atom stereocenters. The molecule has 0 saturated heterocycles. The third-order valence-corrected chi connectivity index (χ3v) is 7.03. The van der Waals surface area contributed by atoms with E-state index in [1.807, 2.05) is 18.2 Å². The van der Waals surface area contributed by atoms with E-state index in [-0.39, 0.29) is 23.2 Å². The summed E-state index contributed by atoms with van der Waals surface area (Å²) in [6, 6.07) is 5.51. The average molecular weight is 432 g/mol. The first-order chi connectivity index (χ1) is 14.0. The number of fused-ring (bicyclic) bond motifs is 2. The lowest BCUT2D eigenvalue weighted by Crippen LogP contribution is -2.24. The molecule has 0 spiro atoms. The highest BCUT2D eigenvalue weighted by Gasteiger charge is 2.28. The number of amides is 1. The Kier molecular flexibility index (Phi) is 5.42. The van der Waals surface area contributed by atoms with Gasteiger partial charge < -0.3 is 19.4 Å². The number of aromatic nitrogens is 1. The van der Waals surface area contributed by atoms with Crippen molar-refractivity contribution in [3.8, 4) is 5.75 Å². The summed E-state index contributed by atoms with van der Waals surface area (Å²) in [6.07, 6.45) is 2.77. The van der Waals surface area contributed by atoms with Crippen LogP contribution in [-0.2, 0) is 28.9 Å². The molecule has 1 aliphatic rings. The SMILES string of the molecule is CCOC(=O)c1c(NC(=O)Cn2c(=N)sc3cc(OC)ccc32)sc2c1CCC2. The number of rotatable bonds is 6. The number of carbonyl (C=O) groups is 2. The molecule has 2 aromatic heterocycles. The molecule has 0 saturated carbocycles. The second kappa shape index (κ2) is 8.00. The maximum Gasteiger partial charge on any atom is 0.341 e. The number of ether oxygens (including phenoxy) is 2. The lowest BCUT2D eigenvalue weighted by atomic mass is 10.1. The van der Waals surface area contributed by atoms with Gasteiger partial charge in [-0.05, 0) is 49.9 Å². The van der Waals surface area contributed by atoms with Crippen molar-refractivity contribution >= 4 is 49.8 Å². The molecular weight excluding hydrogens is 410 g/mol. The molecule has 0 radical (unpaired) electrons. The monoisotopic (exact) mass is 431 g/mol. The maximum absolute atomic E-state index is 12.8. The zero-order valence-electron chi connectivity index (χ0n) is 16.2. The Balaban J connectivity index is 1.60. The van der Waals surface area contributed by atoms with Crippen molar-refractivity contribution < 1.29 is 19.1 Å². The van der Waals surface area contributed by atoms with Gasteiger partial charge in [0.15, 0.2) is 4.80 Å². The van der Waals surface area contributed by atoms with Crippen molar-refractivity contribution in [1.29, 1.82) is 5.41 Å². The number of anilines is 1. The number of nitrogens with one attached hydrogen (secondary N) is 2. The third-order valence-electron chi connectivity index (χ3n) is 4.87. The van der Waals surface area contributed by atoms with Gasteiger partial charge in [0.2, 0.25) is 5.91 Å². The molecule has 1 aromatic carbocycles. The summed E-state index contributed by atoms with van der Waals surface area (Å²) in [5.74, 6) is 0.0520. The van der Waals surface area contributed by atoms with Gasteiger partial charge in [-0.2, -0.15) is 0 Å². The number of hydrogen-bond donors (Lipinski definition) is 2. The van der Waals surface area contributed by atoms with Crippen LogP contribution in [0, 0.1) is 5.41 Å². The van der Waals surface area contributed by atoms with Gasteiger partial charge in [0, 0.05) is 4.88 Å². The van der Waals surface area contributed by atoms with E-state index in [2.05, 4.69) is 5.32 Å². The van der Waals surface area contributed by atoms with Crippen LogP contribution in [0.1, 0.15) is 34.1 Å². The fraction of sp³-hybridized carbons (Fsp3) is 0.350. The minimum Gasteiger partial charge on any atom is -0.497 e. The molecular formula is C20H21N3O4S2. The van der Waals surface area contributed by atoms with Crippen LogP contribution < -0.4 is 14.9 Å². The van der Waals surface area contributed by atoms with Gasteiger partial charge in [0.25, 0.3) is 0 Å². The van der Waals surface area contributed by atoms with E-state index < -0.39 is 0 Å². The van der Waals surface area contributed by atoms with Crippen LogP contribution in [0.5, 0.6) is 5.75 Å². The normalized spacial score (nSPS) is 12.8. The molecule has 0 unspecified atom stereocenters. The van der Waals surface area contributed by atoms with E-state index in [4.69, 9.17) is 14.9 Å². The molecule has 0 fully saturated rings. The Morgan fingerprint density at radius 3 is 2.86 bits per heavy atom. The predicted octanol–water partition coefficient (Wildman–Crippen LogP) is 3.56. The summed E-state index contributed by atoms with van der Waals surface area (Å²) in [6.45, 7) is 2.06. The van der Waals surface area contributed by atoms with Gasteiger partial charge in [0.05, 0.1) is 29.5 Å². The topological polar surface area (TPSA) is 93.4 Å². The predicted molar refractivity (Wildman–Crippen MR) is 113 cm³/mol. The lowest BCUT2D eigenvalue weighted by Gasteiger charge is -2.09. The first-order valence-corrected chi connectivity index (χ1v) is 11.0. The van der Waals surface area contributed by atoms with Gasteiger partial charge >= 0.3 is 5.97 Å². The number of thiazole rings is 1. The van der Waals surface area contributed by atoms with Gasteiger partial charge in [-0.3, -0.25) is 10.2 Å². The van der Waals surface area contributed by atoms with Crippen LogP contribution in [-0.4, -0.2) is 30.2 Å². The number of hydrogen-bond acceptors (Lipinski definition) is 7. The summed E-state index contributed by atoms with van der Waals surface area (Å²) in [4.78, 5) is 26.7. The summed E-state index contributed by atoms with van der Waals surface area (Å²) in [5.41, 5.74) is 2.30. The van der Waals surface area contributed by atoms with Crippen LogP contribution in [0.4, 0.5) is 5.00 Å². The molecule has 152 valence electrons. The molecule has 9 heteroatoms. The number of thiophene rings is 1. The van der Waals surface area contributed by atoms with Crippen LogP contribution in [0.3, 0.4) is 0 Å². The Morgan fingerprint density at radius 1 is 1.28 bits per heavy atom. The number of esters is 1. The van der Waals surface area contributed by atoms with Crippen molar-refractivity contribution in [2.75, 3.05) is 19.0 Å². The Morgan fingerprint density at radius 2 is 2.10 bits per heavy atom. The standard InChI is InChI=1S/C20H21N3O4S2/c1-3-27-19(25)17-12-5-4-6-14(12)28-18(17)22-16(24)10-23-13-8-7-11(26-2)9-15(13)29-20(23)21/h7-9,21H,3-6,10H2,1-2H3,(H,22,24). The van der Waals surface area contributed by atoms with E-state index >= 15 is 0 Å². The van der Waals surface area contributed by atoms with Crippen LogP contribution in [0.2, 0.25) is 0 Å². The Labute approximate surface area is 175 Å². The largest absolute Gasteiger partial charge is 0.497 e. The highest BCUT2D eigenvalue weighted by molar-refractivity contribution is 7.17. The second-order valence-electron chi connectivity index (χ2n) is 6.66. The quantitative estimate of drug-likeness (QED) is 0.584.